The number of benzene rings is 2. The van der Waals surface area contributed by atoms with Crippen LogP contribution >= 0.6 is 0 Å². The molecule has 5 rings (SSSR count). The van der Waals surface area contributed by atoms with Gasteiger partial charge in [-0.3, -0.25) is 14.8 Å². The molecule has 5 N–H and O–H groups in total. The molecule has 14 heteroatoms. The Morgan fingerprint density at radius 3 is 2.18 bits per heavy atom. The van der Waals surface area contributed by atoms with Crippen molar-refractivity contribution in [3.63, 3.8) is 0 Å². The lowest BCUT2D eigenvalue weighted by Crippen LogP contribution is -2.32. The van der Waals surface area contributed by atoms with Crippen LogP contribution in [0.1, 0.15) is 89.2 Å². The standard InChI is InChI=1S/C42H52N2O10S2/c1-41(23-7-10-27-54-49)32-14-3-5-16-34(32)43(25-8-11-28-55(50)51)36(41)21-19-30-39(47)31(40(30)48)20-22-37-42(2,24-13-18-38(45)46)33-15-4-6-17-35(33)44(37)26-9-12-29-56(52)53/h3-6,14-17,19-22H,7-13,18,23-29H2,1-2H3,(H4,45,46,49,50,51,52,53)/p+1/b36-21-. The van der Waals surface area contributed by atoms with E-state index in [1.807, 2.05) is 54.6 Å². The number of para-hydroxylation sites is 2. The van der Waals surface area contributed by atoms with Crippen LogP contribution in [-0.2, 0) is 47.5 Å². The number of ketones is 1. The predicted molar refractivity (Wildman–Crippen MR) is 218 cm³/mol. The Morgan fingerprint density at radius 2 is 1.50 bits per heavy atom. The minimum atomic E-state index is -1.90. The van der Waals surface area contributed by atoms with Gasteiger partial charge in [-0.2, -0.15) is 4.58 Å². The third-order valence-electron chi connectivity index (χ3n) is 11.2. The summed E-state index contributed by atoms with van der Waals surface area (Å²) < 4.78 is 43.4. The number of aliphatic hydroxyl groups is 1. The molecule has 0 amide bonds. The first-order chi connectivity index (χ1) is 26.8. The van der Waals surface area contributed by atoms with Gasteiger partial charge in [0.15, 0.2) is 27.9 Å². The average molecular weight is 810 g/mol. The minimum Gasteiger partial charge on any atom is -0.506 e. The molecule has 0 radical (unpaired) electrons. The summed E-state index contributed by atoms with van der Waals surface area (Å²) in [7, 11) is 0. The second-order valence-electron chi connectivity index (χ2n) is 14.9. The number of aliphatic carboxylic acids is 1. The molecule has 12 nitrogen and oxygen atoms in total. The van der Waals surface area contributed by atoms with Gasteiger partial charge in [-0.1, -0.05) is 36.4 Å². The van der Waals surface area contributed by atoms with Crippen LogP contribution < -0.4 is 4.90 Å². The van der Waals surface area contributed by atoms with E-state index in [-0.39, 0.29) is 47.2 Å². The molecular weight excluding hydrogens is 757 g/mol. The van der Waals surface area contributed by atoms with Gasteiger partial charge in [0, 0.05) is 65.4 Å². The largest absolute Gasteiger partial charge is 0.506 e. The van der Waals surface area contributed by atoms with E-state index in [4.69, 9.17) is 5.26 Å². The molecule has 0 aromatic heterocycles. The molecule has 0 saturated heterocycles. The second kappa shape index (κ2) is 19.4. The number of carbonyl (C=O) groups is 2. The molecule has 0 spiro atoms. The van der Waals surface area contributed by atoms with Gasteiger partial charge in [-0.05, 0) is 95.1 Å². The first kappa shape index (κ1) is 43.1. The summed E-state index contributed by atoms with van der Waals surface area (Å²) in [6.07, 6.45) is 12.5. The Balaban J connectivity index is 1.49. The highest BCUT2D eigenvalue weighted by atomic mass is 32.2. The van der Waals surface area contributed by atoms with Crippen LogP contribution in [0, 0.1) is 0 Å². The molecule has 2 aromatic rings. The number of aliphatic hydroxyl groups excluding tert-OH is 1. The van der Waals surface area contributed by atoms with E-state index in [1.165, 1.54) is 0 Å². The van der Waals surface area contributed by atoms with Crippen LogP contribution in [0.3, 0.4) is 0 Å². The number of hydrogen-bond donors (Lipinski definition) is 5. The van der Waals surface area contributed by atoms with Gasteiger partial charge in [-0.25, -0.2) is 13.3 Å². The number of anilines is 1. The van der Waals surface area contributed by atoms with E-state index >= 15 is 0 Å². The van der Waals surface area contributed by atoms with Crippen molar-refractivity contribution in [2.45, 2.75) is 88.9 Å². The quantitative estimate of drug-likeness (QED) is 0.0198. The van der Waals surface area contributed by atoms with Gasteiger partial charge in [0.2, 0.25) is 11.5 Å². The molecule has 302 valence electrons. The molecule has 4 atom stereocenters. The van der Waals surface area contributed by atoms with E-state index in [2.05, 4.69) is 34.3 Å². The zero-order valence-electron chi connectivity index (χ0n) is 32.0. The number of rotatable bonds is 22. The molecule has 3 aliphatic rings. The lowest BCUT2D eigenvalue weighted by atomic mass is 9.75. The summed E-state index contributed by atoms with van der Waals surface area (Å²) in [4.78, 5) is 31.7. The SMILES string of the molecule is CC1(CCCC(=O)O)C(/C=C/C2=C(O)C(=C/C=C3\N(CCCCS(=O)O)c4ccccc4C3(C)CCCCOO)C2=O)=[N+](CCCCS(=O)O)c2ccccc21. The van der Waals surface area contributed by atoms with Crippen LogP contribution in [0.25, 0.3) is 0 Å². The maximum atomic E-state index is 13.7. The van der Waals surface area contributed by atoms with Crippen molar-refractivity contribution in [1.82, 2.24) is 0 Å². The van der Waals surface area contributed by atoms with Gasteiger partial charge >= 0.3 is 5.97 Å². The Morgan fingerprint density at radius 1 is 0.839 bits per heavy atom. The number of fused-ring (bicyclic) bond motifs is 2. The Hall–Kier alpha value is -4.05. The molecule has 4 unspecified atom stereocenters. The number of allylic oxidation sites excluding steroid dienone is 7. The van der Waals surface area contributed by atoms with Gasteiger partial charge in [0.05, 0.1) is 23.2 Å². The van der Waals surface area contributed by atoms with Crippen molar-refractivity contribution < 1.29 is 52.0 Å². The number of carboxylic acid groups (broad SMARTS) is 1. The van der Waals surface area contributed by atoms with Gasteiger partial charge in [-0.15, -0.1) is 0 Å². The molecule has 0 saturated carbocycles. The highest BCUT2D eigenvalue weighted by molar-refractivity contribution is 7.79. The first-order valence-electron chi connectivity index (χ1n) is 19.2. The van der Waals surface area contributed by atoms with Gasteiger partial charge in [0.1, 0.15) is 12.3 Å². The predicted octanol–water partition coefficient (Wildman–Crippen LogP) is 7.50. The fourth-order valence-electron chi connectivity index (χ4n) is 8.34. The van der Waals surface area contributed by atoms with Crippen molar-refractivity contribution in [2.24, 2.45) is 0 Å². The molecule has 2 heterocycles. The molecular formula is C42H53N2O10S2+. The Kier molecular flexibility index (Phi) is 14.9. The van der Waals surface area contributed by atoms with Crippen molar-refractivity contribution in [3.05, 3.63) is 107 Å². The van der Waals surface area contributed by atoms with Gasteiger partial charge < -0.3 is 24.2 Å². The maximum Gasteiger partial charge on any atom is 0.303 e. The highest BCUT2D eigenvalue weighted by Crippen LogP contribution is 2.51. The summed E-state index contributed by atoms with van der Waals surface area (Å²) >= 11 is -3.78. The number of unbranched alkanes of at least 4 members (excludes halogenated alkanes) is 3. The average Bonchev–Trinajstić information content (AvgIpc) is 3.54. The maximum absolute atomic E-state index is 13.7. The second-order valence-corrected chi connectivity index (χ2v) is 17.0. The lowest BCUT2D eigenvalue weighted by Gasteiger charge is -2.31. The number of hydrogen-bond acceptors (Lipinski definition) is 8. The molecule has 2 aliphatic heterocycles. The summed E-state index contributed by atoms with van der Waals surface area (Å²) in [5.74, 6) is -0.985. The third-order valence-corrected chi connectivity index (χ3v) is 12.5. The minimum absolute atomic E-state index is 0.00730. The molecule has 0 fully saturated rings. The van der Waals surface area contributed by atoms with Crippen LogP contribution in [0.5, 0.6) is 0 Å². The highest BCUT2D eigenvalue weighted by Gasteiger charge is 2.47. The zero-order valence-corrected chi connectivity index (χ0v) is 33.7. The fourth-order valence-corrected chi connectivity index (χ4v) is 9.25. The first-order valence-corrected chi connectivity index (χ1v) is 21.7. The summed E-state index contributed by atoms with van der Waals surface area (Å²) in [6, 6.07) is 16.0. The normalized spacial score (nSPS) is 23.0. The number of nitrogens with zero attached hydrogens (tertiary/aromatic N) is 2. The lowest BCUT2D eigenvalue weighted by molar-refractivity contribution is -0.438. The van der Waals surface area contributed by atoms with E-state index < -0.39 is 39.0 Å². The van der Waals surface area contributed by atoms with Crippen LogP contribution in [0.15, 0.2) is 95.4 Å². The number of carboxylic acids is 1. The molecule has 1 aliphatic carbocycles. The molecule has 56 heavy (non-hydrogen) atoms. The van der Waals surface area contributed by atoms with Gasteiger partial charge in [0.25, 0.3) is 0 Å². The number of carbonyl (C=O) groups excluding carboxylic acids is 1. The smallest absolute Gasteiger partial charge is 0.303 e. The van der Waals surface area contributed by atoms with E-state index in [9.17, 15) is 37.3 Å². The Labute approximate surface area is 333 Å². The van der Waals surface area contributed by atoms with Crippen LogP contribution in [0.4, 0.5) is 11.4 Å². The summed E-state index contributed by atoms with van der Waals surface area (Å²) in [5, 5.41) is 29.7. The number of Topliss-reactive ketones (excluding diaryl/α,β-unsaturated/α-hetero) is 1. The van der Waals surface area contributed by atoms with Crippen LogP contribution in [-0.4, -0.2) is 86.2 Å². The van der Waals surface area contributed by atoms with E-state index in [0.717, 1.165) is 46.8 Å². The zero-order chi connectivity index (χ0) is 40.5. The van der Waals surface area contributed by atoms with Crippen molar-refractivity contribution in [3.8, 4) is 0 Å². The molecule has 0 bridgehead atoms. The van der Waals surface area contributed by atoms with Crippen molar-refractivity contribution in [2.75, 3.05) is 36.1 Å². The summed E-state index contributed by atoms with van der Waals surface area (Å²) in [6.45, 7) is 5.55. The van der Waals surface area contributed by atoms with E-state index in [1.54, 1.807) is 12.2 Å². The topological polar surface area (TPSA) is 185 Å². The van der Waals surface area contributed by atoms with E-state index in [0.29, 0.717) is 58.0 Å². The van der Waals surface area contributed by atoms with Crippen LogP contribution in [0.2, 0.25) is 0 Å². The summed E-state index contributed by atoms with van der Waals surface area (Å²) in [5.41, 5.74) is 5.19. The fraction of sp³-hybridized carbons (Fsp3) is 0.452. The Bertz CT molecular complexity index is 2000. The van der Waals surface area contributed by atoms with Crippen molar-refractivity contribution in [1.29, 1.82) is 0 Å². The monoisotopic (exact) mass is 809 g/mol. The van der Waals surface area contributed by atoms with Crippen molar-refractivity contribution >= 4 is 51.0 Å². The third kappa shape index (κ3) is 9.55. The molecule has 2 aromatic carbocycles.